The number of halogens is 2. The second kappa shape index (κ2) is 3.85. The first-order valence-corrected chi connectivity index (χ1v) is 4.88. The minimum atomic E-state index is -3.83. The van der Waals surface area contributed by atoms with Crippen molar-refractivity contribution >= 4 is 5.97 Å². The molecule has 0 saturated carbocycles. The molecule has 1 aromatic rings. The van der Waals surface area contributed by atoms with Gasteiger partial charge in [-0.1, -0.05) is 39.0 Å². The molecular weight excluding hydrogens is 214 g/mol. The molecule has 0 aliphatic carbocycles. The molecule has 0 saturated heterocycles. The molecule has 0 heterocycles. The smallest absolute Gasteiger partial charge is 0.379 e. The van der Waals surface area contributed by atoms with E-state index in [-0.39, 0.29) is 5.41 Å². The largest absolute Gasteiger partial charge is 0.477 e. The topological polar surface area (TPSA) is 37.3 Å². The average Bonchev–Trinajstić information content (AvgIpc) is 2.16. The molecule has 0 unspecified atom stereocenters. The van der Waals surface area contributed by atoms with Crippen molar-refractivity contribution in [3.8, 4) is 0 Å². The molecule has 0 bridgehead atoms. The lowest BCUT2D eigenvalue weighted by Crippen LogP contribution is -2.26. The van der Waals surface area contributed by atoms with E-state index in [1.807, 2.05) is 20.8 Å². The zero-order valence-electron chi connectivity index (χ0n) is 9.42. The molecule has 2 nitrogen and oxygen atoms in total. The van der Waals surface area contributed by atoms with Gasteiger partial charge in [-0.2, -0.15) is 8.78 Å². The Morgan fingerprint density at radius 1 is 1.19 bits per heavy atom. The number of carboxylic acid groups (broad SMARTS) is 1. The van der Waals surface area contributed by atoms with Gasteiger partial charge in [0.15, 0.2) is 0 Å². The van der Waals surface area contributed by atoms with Crippen molar-refractivity contribution < 1.29 is 18.7 Å². The molecule has 0 amide bonds. The van der Waals surface area contributed by atoms with Crippen LogP contribution >= 0.6 is 0 Å². The van der Waals surface area contributed by atoms with E-state index in [2.05, 4.69) is 0 Å². The molecule has 0 atom stereocenters. The lowest BCUT2D eigenvalue weighted by Gasteiger charge is -2.21. The molecule has 0 radical (unpaired) electrons. The number of alkyl halides is 2. The molecule has 1 N–H and O–H groups in total. The summed E-state index contributed by atoms with van der Waals surface area (Å²) in [5.74, 6) is -5.96. The fourth-order valence-corrected chi connectivity index (χ4v) is 1.30. The van der Waals surface area contributed by atoms with Gasteiger partial charge in [0.25, 0.3) is 0 Å². The van der Waals surface area contributed by atoms with E-state index in [9.17, 15) is 13.6 Å². The SMILES string of the molecule is CC(C)(C)c1cccc(C(F)(F)C(=O)O)c1. The summed E-state index contributed by atoms with van der Waals surface area (Å²) in [7, 11) is 0. The normalized spacial score (nSPS) is 12.6. The first kappa shape index (κ1) is 12.6. The Morgan fingerprint density at radius 3 is 2.12 bits per heavy atom. The molecular formula is C12H14F2O2. The number of hydrogen-bond acceptors (Lipinski definition) is 1. The van der Waals surface area contributed by atoms with Crippen molar-refractivity contribution in [2.75, 3.05) is 0 Å². The van der Waals surface area contributed by atoms with Crippen molar-refractivity contribution in [3.05, 3.63) is 35.4 Å². The van der Waals surface area contributed by atoms with Gasteiger partial charge in [-0.15, -0.1) is 0 Å². The van der Waals surface area contributed by atoms with Gasteiger partial charge in [0.1, 0.15) is 0 Å². The highest BCUT2D eigenvalue weighted by Crippen LogP contribution is 2.31. The zero-order valence-corrected chi connectivity index (χ0v) is 9.42. The van der Waals surface area contributed by atoms with Crippen molar-refractivity contribution in [1.29, 1.82) is 0 Å². The zero-order chi connectivity index (χ0) is 12.6. The van der Waals surface area contributed by atoms with Gasteiger partial charge in [-0.3, -0.25) is 0 Å². The lowest BCUT2D eigenvalue weighted by molar-refractivity contribution is -0.166. The molecule has 0 spiro atoms. The maximum absolute atomic E-state index is 13.2. The highest BCUT2D eigenvalue weighted by molar-refractivity contribution is 5.77. The number of carboxylic acids is 1. The Morgan fingerprint density at radius 2 is 1.69 bits per heavy atom. The van der Waals surface area contributed by atoms with Crippen LogP contribution in [0.15, 0.2) is 24.3 Å². The first-order chi connectivity index (χ1) is 7.15. The Balaban J connectivity index is 3.23. The Bertz CT molecular complexity index is 406. The number of aliphatic carboxylic acids is 1. The molecule has 1 aromatic carbocycles. The first-order valence-electron chi connectivity index (χ1n) is 4.88. The van der Waals surface area contributed by atoms with Crippen LogP contribution in [0.3, 0.4) is 0 Å². The fourth-order valence-electron chi connectivity index (χ4n) is 1.30. The maximum Gasteiger partial charge on any atom is 0.379 e. The van der Waals surface area contributed by atoms with Gasteiger partial charge in [-0.25, -0.2) is 4.79 Å². The van der Waals surface area contributed by atoms with E-state index < -0.39 is 17.5 Å². The molecule has 16 heavy (non-hydrogen) atoms. The van der Waals surface area contributed by atoms with Gasteiger partial charge in [-0.05, 0) is 17.0 Å². The van der Waals surface area contributed by atoms with Crippen LogP contribution in [0.25, 0.3) is 0 Å². The van der Waals surface area contributed by atoms with E-state index in [1.165, 1.54) is 12.1 Å². The van der Waals surface area contributed by atoms with Crippen LogP contribution in [0.4, 0.5) is 8.78 Å². The summed E-state index contributed by atoms with van der Waals surface area (Å²) in [6.07, 6.45) is 0. The Hall–Kier alpha value is -1.45. The molecule has 4 heteroatoms. The number of carbonyl (C=O) groups is 1. The van der Waals surface area contributed by atoms with Crippen molar-refractivity contribution in [2.24, 2.45) is 0 Å². The van der Waals surface area contributed by atoms with Crippen LogP contribution in [-0.4, -0.2) is 11.1 Å². The van der Waals surface area contributed by atoms with Gasteiger partial charge >= 0.3 is 11.9 Å². The number of benzene rings is 1. The number of rotatable bonds is 2. The summed E-state index contributed by atoms with van der Waals surface area (Å²) < 4.78 is 26.5. The van der Waals surface area contributed by atoms with E-state index in [1.54, 1.807) is 6.07 Å². The molecule has 0 aliphatic heterocycles. The van der Waals surface area contributed by atoms with Gasteiger partial charge < -0.3 is 5.11 Å². The van der Waals surface area contributed by atoms with Crippen molar-refractivity contribution in [1.82, 2.24) is 0 Å². The van der Waals surface area contributed by atoms with E-state index in [4.69, 9.17) is 5.11 Å². The van der Waals surface area contributed by atoms with E-state index in [0.29, 0.717) is 5.56 Å². The summed E-state index contributed by atoms with van der Waals surface area (Å²) >= 11 is 0. The molecule has 0 aliphatic rings. The van der Waals surface area contributed by atoms with Crippen molar-refractivity contribution in [3.63, 3.8) is 0 Å². The molecule has 88 valence electrons. The van der Waals surface area contributed by atoms with Crippen LogP contribution in [-0.2, 0) is 16.1 Å². The third-order valence-corrected chi connectivity index (χ3v) is 2.36. The van der Waals surface area contributed by atoms with Crippen LogP contribution in [0, 0.1) is 0 Å². The second-order valence-electron chi connectivity index (χ2n) is 4.71. The minimum absolute atomic E-state index is 0.287. The minimum Gasteiger partial charge on any atom is -0.477 e. The van der Waals surface area contributed by atoms with Crippen LogP contribution in [0.1, 0.15) is 31.9 Å². The van der Waals surface area contributed by atoms with Gasteiger partial charge in [0.2, 0.25) is 0 Å². The Kier molecular flexibility index (Phi) is 3.03. The van der Waals surface area contributed by atoms with Crippen molar-refractivity contribution in [2.45, 2.75) is 32.1 Å². The summed E-state index contributed by atoms with van der Waals surface area (Å²) in [6, 6.07) is 5.53. The monoisotopic (exact) mass is 228 g/mol. The highest BCUT2D eigenvalue weighted by atomic mass is 19.3. The third kappa shape index (κ3) is 2.38. The van der Waals surface area contributed by atoms with Crippen LogP contribution in [0.5, 0.6) is 0 Å². The summed E-state index contributed by atoms with van der Waals surface area (Å²) in [6.45, 7) is 5.64. The summed E-state index contributed by atoms with van der Waals surface area (Å²) in [5.41, 5.74) is -0.0803. The fraction of sp³-hybridized carbons (Fsp3) is 0.417. The van der Waals surface area contributed by atoms with E-state index in [0.717, 1.165) is 6.07 Å². The molecule has 0 fully saturated rings. The molecule has 0 aromatic heterocycles. The third-order valence-electron chi connectivity index (χ3n) is 2.36. The number of hydrogen-bond donors (Lipinski definition) is 1. The molecule has 1 rings (SSSR count). The summed E-state index contributed by atoms with van der Waals surface area (Å²) in [4.78, 5) is 10.4. The predicted molar refractivity (Wildman–Crippen MR) is 56.7 cm³/mol. The van der Waals surface area contributed by atoms with Crippen LogP contribution in [0.2, 0.25) is 0 Å². The van der Waals surface area contributed by atoms with Gasteiger partial charge in [0.05, 0.1) is 0 Å². The Labute approximate surface area is 92.9 Å². The highest BCUT2D eigenvalue weighted by Gasteiger charge is 2.41. The van der Waals surface area contributed by atoms with E-state index >= 15 is 0 Å². The lowest BCUT2D eigenvalue weighted by atomic mass is 9.85. The maximum atomic E-state index is 13.2. The summed E-state index contributed by atoms with van der Waals surface area (Å²) in [5, 5.41) is 8.44. The van der Waals surface area contributed by atoms with Gasteiger partial charge in [0, 0.05) is 5.56 Å². The average molecular weight is 228 g/mol. The quantitative estimate of drug-likeness (QED) is 0.844. The predicted octanol–water partition coefficient (Wildman–Crippen LogP) is 3.16. The van der Waals surface area contributed by atoms with Crippen LogP contribution < -0.4 is 0 Å². The second-order valence-corrected chi connectivity index (χ2v) is 4.71. The standard InChI is InChI=1S/C12H14F2O2/c1-11(2,3)8-5-4-6-9(7-8)12(13,14)10(15)16/h4-7H,1-3H3,(H,15,16).